The quantitative estimate of drug-likeness (QED) is 0.764. The lowest BCUT2D eigenvalue weighted by atomic mass is 10.0. The molecule has 1 aromatic heterocycles. The summed E-state index contributed by atoms with van der Waals surface area (Å²) in [5.74, 6) is -0.404. The lowest BCUT2D eigenvalue weighted by Crippen LogP contribution is -2.48. The summed E-state index contributed by atoms with van der Waals surface area (Å²) in [6.07, 6.45) is 2.30. The van der Waals surface area contributed by atoms with Gasteiger partial charge in [-0.3, -0.25) is 9.69 Å². The fourth-order valence-corrected chi connectivity index (χ4v) is 3.21. The molecule has 0 radical (unpaired) electrons. The topological polar surface area (TPSA) is 75.9 Å². The van der Waals surface area contributed by atoms with Gasteiger partial charge >= 0.3 is 5.97 Å². The van der Waals surface area contributed by atoms with Crippen LogP contribution in [0.3, 0.4) is 0 Å². The van der Waals surface area contributed by atoms with Crippen LogP contribution in [0.25, 0.3) is 11.3 Å². The number of ether oxygens (including phenoxy) is 1. The van der Waals surface area contributed by atoms with Gasteiger partial charge in [0.15, 0.2) is 17.8 Å². The van der Waals surface area contributed by atoms with E-state index < -0.39 is 5.97 Å². The molecule has 0 aliphatic carbocycles. The average molecular weight is 357 g/mol. The summed E-state index contributed by atoms with van der Waals surface area (Å²) in [5, 5.41) is 0. The predicted molar refractivity (Wildman–Crippen MR) is 95.9 cm³/mol. The number of hydrogen-bond acceptors (Lipinski definition) is 6. The summed E-state index contributed by atoms with van der Waals surface area (Å²) < 4.78 is 10.2. The van der Waals surface area contributed by atoms with Crippen molar-refractivity contribution in [3.8, 4) is 11.3 Å². The molecule has 0 saturated carbocycles. The number of rotatable bonds is 5. The van der Waals surface area contributed by atoms with E-state index in [0.29, 0.717) is 24.2 Å². The summed E-state index contributed by atoms with van der Waals surface area (Å²) in [5.41, 5.74) is 1.12. The monoisotopic (exact) mass is 357 g/mol. The van der Waals surface area contributed by atoms with Gasteiger partial charge in [-0.2, -0.15) is 0 Å². The number of nitrogens with zero attached hydrogens (tertiary/aromatic N) is 3. The number of carbonyl (C=O) groups is 2. The Morgan fingerprint density at radius 2 is 1.92 bits per heavy atom. The molecular formula is C19H23N3O4. The maximum Gasteiger partial charge on any atom is 0.360 e. The number of esters is 1. The Morgan fingerprint density at radius 3 is 2.62 bits per heavy atom. The maximum absolute atomic E-state index is 13.1. The van der Waals surface area contributed by atoms with E-state index in [1.165, 1.54) is 13.5 Å². The highest BCUT2D eigenvalue weighted by molar-refractivity contribution is 6.03. The highest BCUT2D eigenvalue weighted by atomic mass is 16.5. The second kappa shape index (κ2) is 8.14. The lowest BCUT2D eigenvalue weighted by Gasteiger charge is -2.34. The van der Waals surface area contributed by atoms with E-state index in [9.17, 15) is 9.59 Å². The zero-order valence-corrected chi connectivity index (χ0v) is 15.1. The molecule has 1 amide bonds. The van der Waals surface area contributed by atoms with Crippen LogP contribution in [0.4, 0.5) is 0 Å². The van der Waals surface area contributed by atoms with Crippen LogP contribution in [0.5, 0.6) is 0 Å². The van der Waals surface area contributed by atoms with Crippen molar-refractivity contribution in [2.24, 2.45) is 0 Å². The first kappa shape index (κ1) is 18.1. The van der Waals surface area contributed by atoms with Crippen LogP contribution in [-0.4, -0.2) is 66.5 Å². The molecule has 1 aliphatic rings. The van der Waals surface area contributed by atoms with Crippen LogP contribution in [0, 0.1) is 0 Å². The van der Waals surface area contributed by atoms with E-state index in [1.807, 2.05) is 4.90 Å². The Balaban J connectivity index is 1.85. The molecule has 138 valence electrons. The molecule has 7 heteroatoms. The van der Waals surface area contributed by atoms with Crippen molar-refractivity contribution in [2.45, 2.75) is 13.3 Å². The van der Waals surface area contributed by atoms with Gasteiger partial charge in [0, 0.05) is 31.7 Å². The van der Waals surface area contributed by atoms with Crippen molar-refractivity contribution in [3.63, 3.8) is 0 Å². The highest BCUT2D eigenvalue weighted by Crippen LogP contribution is 2.28. The van der Waals surface area contributed by atoms with Gasteiger partial charge in [-0.25, -0.2) is 9.78 Å². The average Bonchev–Trinajstić information content (AvgIpc) is 3.17. The Bertz CT molecular complexity index is 779. The van der Waals surface area contributed by atoms with E-state index in [1.54, 1.807) is 24.3 Å². The zero-order valence-electron chi connectivity index (χ0n) is 15.1. The normalized spacial score (nSPS) is 15.1. The smallest absolute Gasteiger partial charge is 0.360 e. The number of hydrogen-bond donors (Lipinski definition) is 0. The fraction of sp³-hybridized carbons (Fsp3) is 0.421. The van der Waals surface area contributed by atoms with Gasteiger partial charge in [0.25, 0.3) is 5.91 Å². The molecule has 1 aliphatic heterocycles. The molecular weight excluding hydrogens is 334 g/mol. The standard InChI is InChI=1S/C19H23N3O4/c1-3-8-21-9-11-22(12-10-21)18(23)15-7-5-4-6-14(15)17-16(19(24)25-2)20-13-26-17/h4-7,13H,3,8-12H2,1-2H3. The molecule has 0 spiro atoms. The van der Waals surface area contributed by atoms with Crippen molar-refractivity contribution < 1.29 is 18.7 Å². The van der Waals surface area contributed by atoms with Gasteiger partial charge in [0.05, 0.1) is 12.7 Å². The number of piperazine rings is 1. The van der Waals surface area contributed by atoms with Gasteiger partial charge in [-0.1, -0.05) is 25.1 Å². The van der Waals surface area contributed by atoms with Crippen molar-refractivity contribution >= 4 is 11.9 Å². The van der Waals surface area contributed by atoms with Gasteiger partial charge in [0.2, 0.25) is 0 Å². The number of benzene rings is 1. The minimum atomic E-state index is -0.593. The third-order valence-electron chi connectivity index (χ3n) is 4.55. The van der Waals surface area contributed by atoms with E-state index in [2.05, 4.69) is 16.8 Å². The summed E-state index contributed by atoms with van der Waals surface area (Å²) in [4.78, 5) is 33.1. The predicted octanol–water partition coefficient (Wildman–Crippen LogP) is 2.30. The van der Waals surface area contributed by atoms with Gasteiger partial charge in [-0.15, -0.1) is 0 Å². The Hall–Kier alpha value is -2.67. The van der Waals surface area contributed by atoms with Crippen LogP contribution < -0.4 is 0 Å². The van der Waals surface area contributed by atoms with Crippen molar-refractivity contribution in [2.75, 3.05) is 39.8 Å². The molecule has 2 aromatic rings. The lowest BCUT2D eigenvalue weighted by molar-refractivity contribution is 0.0593. The van der Waals surface area contributed by atoms with Gasteiger partial charge in [0.1, 0.15) is 0 Å². The van der Waals surface area contributed by atoms with E-state index in [0.717, 1.165) is 26.1 Å². The summed E-state index contributed by atoms with van der Waals surface area (Å²) in [7, 11) is 1.29. The summed E-state index contributed by atoms with van der Waals surface area (Å²) >= 11 is 0. The molecule has 1 fully saturated rings. The molecule has 0 N–H and O–H groups in total. The molecule has 1 saturated heterocycles. The zero-order chi connectivity index (χ0) is 18.5. The molecule has 7 nitrogen and oxygen atoms in total. The molecule has 26 heavy (non-hydrogen) atoms. The summed E-state index contributed by atoms with van der Waals surface area (Å²) in [6, 6.07) is 7.11. The Morgan fingerprint density at radius 1 is 1.19 bits per heavy atom. The summed E-state index contributed by atoms with van der Waals surface area (Å²) in [6.45, 7) is 6.33. The molecule has 0 bridgehead atoms. The van der Waals surface area contributed by atoms with E-state index in [-0.39, 0.29) is 17.4 Å². The van der Waals surface area contributed by atoms with Crippen molar-refractivity contribution in [1.82, 2.24) is 14.8 Å². The number of oxazole rings is 1. The van der Waals surface area contributed by atoms with Crippen LogP contribution in [0.2, 0.25) is 0 Å². The second-order valence-electron chi connectivity index (χ2n) is 6.20. The first-order chi connectivity index (χ1) is 12.7. The third-order valence-corrected chi connectivity index (χ3v) is 4.55. The number of aromatic nitrogens is 1. The highest BCUT2D eigenvalue weighted by Gasteiger charge is 2.27. The minimum Gasteiger partial charge on any atom is -0.464 e. The number of carbonyl (C=O) groups excluding carboxylic acids is 2. The van der Waals surface area contributed by atoms with Gasteiger partial charge in [-0.05, 0) is 19.0 Å². The van der Waals surface area contributed by atoms with E-state index in [4.69, 9.17) is 9.15 Å². The molecule has 1 aromatic carbocycles. The molecule has 0 unspecified atom stereocenters. The third kappa shape index (κ3) is 3.62. The van der Waals surface area contributed by atoms with Gasteiger partial charge < -0.3 is 14.1 Å². The van der Waals surface area contributed by atoms with Crippen molar-refractivity contribution in [1.29, 1.82) is 0 Å². The molecule has 3 rings (SSSR count). The molecule has 0 atom stereocenters. The fourth-order valence-electron chi connectivity index (χ4n) is 3.21. The van der Waals surface area contributed by atoms with Crippen LogP contribution in [0.15, 0.2) is 35.1 Å². The maximum atomic E-state index is 13.1. The Labute approximate surface area is 152 Å². The Kier molecular flexibility index (Phi) is 5.68. The number of amides is 1. The largest absolute Gasteiger partial charge is 0.464 e. The second-order valence-corrected chi connectivity index (χ2v) is 6.20. The SMILES string of the molecule is CCCN1CCN(C(=O)c2ccccc2-c2ocnc2C(=O)OC)CC1. The number of methoxy groups -OCH3 is 1. The first-order valence-corrected chi connectivity index (χ1v) is 8.78. The van der Waals surface area contributed by atoms with E-state index >= 15 is 0 Å². The van der Waals surface area contributed by atoms with Crippen LogP contribution in [0.1, 0.15) is 34.2 Å². The van der Waals surface area contributed by atoms with Crippen LogP contribution >= 0.6 is 0 Å². The molecule has 2 heterocycles. The van der Waals surface area contributed by atoms with Crippen LogP contribution in [-0.2, 0) is 4.74 Å². The minimum absolute atomic E-state index is 0.0658. The van der Waals surface area contributed by atoms with Crippen molar-refractivity contribution in [3.05, 3.63) is 41.9 Å². The first-order valence-electron chi connectivity index (χ1n) is 8.78.